The van der Waals surface area contributed by atoms with Gasteiger partial charge >= 0.3 is 0 Å². The maximum atomic E-state index is 11.9. The first kappa shape index (κ1) is 17.2. The average molecular weight is 330 g/mol. The number of rotatable bonds is 7. The Balaban J connectivity index is 1.67. The van der Waals surface area contributed by atoms with Crippen molar-refractivity contribution in [1.82, 2.24) is 10.6 Å². The van der Waals surface area contributed by atoms with E-state index in [-0.39, 0.29) is 17.9 Å². The summed E-state index contributed by atoms with van der Waals surface area (Å²) in [6.07, 6.45) is 1.03. The van der Waals surface area contributed by atoms with E-state index in [2.05, 4.69) is 10.6 Å². The third-order valence-electron chi connectivity index (χ3n) is 3.60. The maximum absolute atomic E-state index is 11.9. The molecule has 1 aromatic heterocycles. The molecule has 0 fully saturated rings. The van der Waals surface area contributed by atoms with Gasteiger partial charge in [0.05, 0.1) is 6.04 Å². The van der Waals surface area contributed by atoms with E-state index in [1.54, 1.807) is 6.07 Å². The molecule has 2 aromatic rings. The third-order valence-corrected chi connectivity index (χ3v) is 4.29. The van der Waals surface area contributed by atoms with Crippen LogP contribution in [0.3, 0.4) is 0 Å². The lowest BCUT2D eigenvalue weighted by Crippen LogP contribution is -2.28. The molecule has 122 valence electrons. The van der Waals surface area contributed by atoms with E-state index in [0.29, 0.717) is 24.9 Å². The first-order valence-corrected chi connectivity index (χ1v) is 8.67. The second-order valence-electron chi connectivity index (χ2n) is 5.57. The van der Waals surface area contributed by atoms with Crippen LogP contribution in [0.2, 0.25) is 0 Å². The summed E-state index contributed by atoms with van der Waals surface area (Å²) in [5.41, 5.74) is 2.97. The number of hydrogen-bond donors (Lipinski definition) is 2. The summed E-state index contributed by atoms with van der Waals surface area (Å²) in [4.78, 5) is 23.7. The lowest BCUT2D eigenvalue weighted by atomic mass is 10.1. The zero-order valence-corrected chi connectivity index (χ0v) is 14.3. The molecule has 1 aromatic carbocycles. The van der Waals surface area contributed by atoms with Gasteiger partial charge in [-0.15, -0.1) is 0 Å². The summed E-state index contributed by atoms with van der Waals surface area (Å²) in [6.45, 7) is 4.51. The van der Waals surface area contributed by atoms with Crippen molar-refractivity contribution >= 4 is 23.2 Å². The van der Waals surface area contributed by atoms with Crippen LogP contribution in [0.4, 0.5) is 0 Å². The first-order chi connectivity index (χ1) is 11.1. The Labute approximate surface area is 140 Å². The molecule has 2 rings (SSSR count). The van der Waals surface area contributed by atoms with Gasteiger partial charge in [-0.2, -0.15) is 11.3 Å². The first-order valence-electron chi connectivity index (χ1n) is 7.72. The number of carbonyl (C=O) groups excluding carboxylic acids is 2. The van der Waals surface area contributed by atoms with Gasteiger partial charge in [0.25, 0.3) is 5.91 Å². The van der Waals surface area contributed by atoms with Gasteiger partial charge in [-0.1, -0.05) is 29.8 Å². The fourth-order valence-corrected chi connectivity index (χ4v) is 2.83. The van der Waals surface area contributed by atoms with Gasteiger partial charge in [-0.25, -0.2) is 0 Å². The molecule has 0 spiro atoms. The van der Waals surface area contributed by atoms with Crippen LogP contribution in [0, 0.1) is 6.92 Å². The largest absolute Gasteiger partial charge is 0.352 e. The third kappa shape index (κ3) is 5.53. The topological polar surface area (TPSA) is 58.2 Å². The molecule has 4 nitrogen and oxygen atoms in total. The van der Waals surface area contributed by atoms with E-state index < -0.39 is 0 Å². The summed E-state index contributed by atoms with van der Waals surface area (Å²) >= 11 is 1.49. The summed E-state index contributed by atoms with van der Waals surface area (Å²) < 4.78 is 0. The fourth-order valence-electron chi connectivity index (χ4n) is 2.20. The zero-order valence-electron chi connectivity index (χ0n) is 13.5. The van der Waals surface area contributed by atoms with E-state index in [4.69, 9.17) is 0 Å². The monoisotopic (exact) mass is 330 g/mol. The molecule has 2 N–H and O–H groups in total. The molecule has 0 aliphatic rings. The van der Waals surface area contributed by atoms with Gasteiger partial charge in [0.2, 0.25) is 5.91 Å². The molecule has 0 aliphatic carbocycles. The van der Waals surface area contributed by atoms with Crippen molar-refractivity contribution in [2.75, 3.05) is 6.54 Å². The van der Waals surface area contributed by atoms with Crippen molar-refractivity contribution in [3.8, 4) is 0 Å². The standard InChI is InChI=1S/C18H22N2O2S/c1-13-5-7-15(8-6-13)14(2)20-17(21)4-3-10-19-18(22)16-9-11-23-12-16/h5-9,11-12,14H,3-4,10H2,1-2H3,(H,19,22)(H,20,21). The number of nitrogens with one attached hydrogen (secondary N) is 2. The summed E-state index contributed by atoms with van der Waals surface area (Å²) in [5, 5.41) is 9.48. The minimum atomic E-state index is -0.0836. The molecule has 2 amide bonds. The smallest absolute Gasteiger partial charge is 0.252 e. The van der Waals surface area contributed by atoms with Crippen molar-refractivity contribution in [2.24, 2.45) is 0 Å². The number of carbonyl (C=O) groups is 2. The van der Waals surface area contributed by atoms with Crippen LogP contribution in [0.25, 0.3) is 0 Å². The minimum absolute atomic E-state index is 0.00265. The molecule has 1 heterocycles. The highest BCUT2D eigenvalue weighted by molar-refractivity contribution is 7.08. The highest BCUT2D eigenvalue weighted by Gasteiger charge is 2.10. The van der Waals surface area contributed by atoms with E-state index in [1.165, 1.54) is 16.9 Å². The van der Waals surface area contributed by atoms with Crippen LogP contribution in [0.15, 0.2) is 41.1 Å². The van der Waals surface area contributed by atoms with Gasteiger partial charge < -0.3 is 10.6 Å². The number of benzene rings is 1. The molecular formula is C18H22N2O2S. The fraction of sp³-hybridized carbons (Fsp3) is 0.333. The molecule has 1 atom stereocenters. The van der Waals surface area contributed by atoms with E-state index in [9.17, 15) is 9.59 Å². The van der Waals surface area contributed by atoms with Crippen molar-refractivity contribution in [1.29, 1.82) is 0 Å². The summed E-state index contributed by atoms with van der Waals surface area (Å²) in [6, 6.07) is 9.91. The molecule has 23 heavy (non-hydrogen) atoms. The molecule has 0 aliphatic heterocycles. The van der Waals surface area contributed by atoms with Crippen molar-refractivity contribution in [2.45, 2.75) is 32.7 Å². The van der Waals surface area contributed by atoms with E-state index in [0.717, 1.165) is 5.56 Å². The number of hydrogen-bond acceptors (Lipinski definition) is 3. The molecule has 1 unspecified atom stereocenters. The van der Waals surface area contributed by atoms with Gasteiger partial charge in [-0.3, -0.25) is 9.59 Å². The Bertz CT molecular complexity index is 636. The molecular weight excluding hydrogens is 308 g/mol. The Morgan fingerprint density at radius 2 is 1.91 bits per heavy atom. The number of aryl methyl sites for hydroxylation is 1. The highest BCUT2D eigenvalue weighted by Crippen LogP contribution is 2.13. The zero-order chi connectivity index (χ0) is 16.7. The van der Waals surface area contributed by atoms with Gasteiger partial charge in [0, 0.05) is 23.9 Å². The summed E-state index contributed by atoms with van der Waals surface area (Å²) in [7, 11) is 0. The highest BCUT2D eigenvalue weighted by atomic mass is 32.1. The second kappa shape index (κ2) is 8.48. The Kier molecular flexibility index (Phi) is 6.35. The van der Waals surface area contributed by atoms with Crippen LogP contribution < -0.4 is 10.6 Å². The van der Waals surface area contributed by atoms with Crippen LogP contribution >= 0.6 is 11.3 Å². The Morgan fingerprint density at radius 3 is 2.57 bits per heavy atom. The Hall–Kier alpha value is -2.14. The van der Waals surface area contributed by atoms with E-state index in [1.807, 2.05) is 48.9 Å². The molecule has 0 saturated carbocycles. The van der Waals surface area contributed by atoms with Crippen molar-refractivity contribution in [3.63, 3.8) is 0 Å². The lowest BCUT2D eigenvalue weighted by molar-refractivity contribution is -0.121. The molecule has 5 heteroatoms. The minimum Gasteiger partial charge on any atom is -0.352 e. The molecule has 0 radical (unpaired) electrons. The normalized spacial score (nSPS) is 11.7. The molecule has 0 bridgehead atoms. The van der Waals surface area contributed by atoms with Gasteiger partial charge in [-0.05, 0) is 37.3 Å². The second-order valence-corrected chi connectivity index (χ2v) is 6.35. The quantitative estimate of drug-likeness (QED) is 0.764. The van der Waals surface area contributed by atoms with Crippen LogP contribution in [-0.2, 0) is 4.79 Å². The SMILES string of the molecule is Cc1ccc(C(C)NC(=O)CCCNC(=O)c2ccsc2)cc1. The van der Waals surface area contributed by atoms with Crippen molar-refractivity contribution < 1.29 is 9.59 Å². The predicted octanol–water partition coefficient (Wildman–Crippen LogP) is 3.44. The van der Waals surface area contributed by atoms with Crippen molar-refractivity contribution in [3.05, 3.63) is 57.8 Å². The van der Waals surface area contributed by atoms with Gasteiger partial charge in [0.15, 0.2) is 0 Å². The van der Waals surface area contributed by atoms with Crippen LogP contribution in [-0.4, -0.2) is 18.4 Å². The predicted molar refractivity (Wildman–Crippen MR) is 93.6 cm³/mol. The lowest BCUT2D eigenvalue weighted by Gasteiger charge is -2.14. The van der Waals surface area contributed by atoms with Crippen LogP contribution in [0.5, 0.6) is 0 Å². The van der Waals surface area contributed by atoms with Gasteiger partial charge in [0.1, 0.15) is 0 Å². The maximum Gasteiger partial charge on any atom is 0.252 e. The van der Waals surface area contributed by atoms with Crippen LogP contribution in [0.1, 0.15) is 47.3 Å². The number of thiophene rings is 1. The Morgan fingerprint density at radius 1 is 1.17 bits per heavy atom. The number of amides is 2. The molecule has 0 saturated heterocycles. The average Bonchev–Trinajstić information content (AvgIpc) is 3.06. The van der Waals surface area contributed by atoms with E-state index >= 15 is 0 Å². The summed E-state index contributed by atoms with van der Waals surface area (Å²) in [5.74, 6) is -0.0810.